The van der Waals surface area contributed by atoms with Crippen molar-refractivity contribution in [1.82, 2.24) is 14.5 Å². The molecule has 0 N–H and O–H groups in total. The summed E-state index contributed by atoms with van der Waals surface area (Å²) >= 11 is 0. The van der Waals surface area contributed by atoms with Crippen molar-refractivity contribution in [1.29, 1.82) is 0 Å². The normalized spacial score (nSPS) is 21.6. The first-order chi connectivity index (χ1) is 25.8. The second-order valence-electron chi connectivity index (χ2n) is 16.8. The lowest BCUT2D eigenvalue weighted by Crippen LogP contribution is -2.24. The van der Waals surface area contributed by atoms with Gasteiger partial charge in [-0.1, -0.05) is 136 Å². The molecule has 53 heavy (non-hydrogen) atoms. The summed E-state index contributed by atoms with van der Waals surface area (Å²) in [5.41, 5.74) is 18.8. The van der Waals surface area contributed by atoms with Gasteiger partial charge in [0.2, 0.25) is 5.95 Å². The lowest BCUT2D eigenvalue weighted by atomic mass is 9.74. The Bertz CT molecular complexity index is 2740. The molecule has 3 heteroatoms. The van der Waals surface area contributed by atoms with Gasteiger partial charge in [-0.15, -0.1) is 0 Å². The van der Waals surface area contributed by atoms with E-state index in [-0.39, 0.29) is 10.8 Å². The smallest absolute Gasteiger partial charge is 0.235 e. The minimum atomic E-state index is 0.0336. The Morgan fingerprint density at radius 1 is 0.679 bits per heavy atom. The molecule has 0 saturated heterocycles. The molecule has 2 heterocycles. The predicted octanol–water partition coefficient (Wildman–Crippen LogP) is 12.2. The van der Waals surface area contributed by atoms with Crippen LogP contribution in [0.15, 0.2) is 138 Å². The number of fused-ring (bicyclic) bond motifs is 9. The van der Waals surface area contributed by atoms with E-state index in [9.17, 15) is 0 Å². The van der Waals surface area contributed by atoms with Crippen LogP contribution in [0.5, 0.6) is 0 Å². The lowest BCUT2D eigenvalue weighted by Gasteiger charge is -2.29. The molecule has 5 aliphatic rings. The van der Waals surface area contributed by atoms with E-state index >= 15 is 0 Å². The van der Waals surface area contributed by atoms with Crippen LogP contribution in [0.1, 0.15) is 86.4 Å². The first kappa shape index (κ1) is 31.0. The number of hydrogen-bond acceptors (Lipinski definition) is 2. The predicted molar refractivity (Wildman–Crippen MR) is 219 cm³/mol. The second kappa shape index (κ2) is 11.0. The first-order valence-electron chi connectivity index (χ1n) is 19.4. The van der Waals surface area contributed by atoms with Gasteiger partial charge in [0.05, 0.1) is 16.7 Å². The van der Waals surface area contributed by atoms with Crippen molar-refractivity contribution < 1.29 is 0 Å². The quantitative estimate of drug-likeness (QED) is 0.186. The number of rotatable bonds is 3. The zero-order chi connectivity index (χ0) is 35.6. The molecule has 0 radical (unpaired) electrons. The highest BCUT2D eigenvalue weighted by Gasteiger charge is 2.44. The van der Waals surface area contributed by atoms with Gasteiger partial charge < -0.3 is 0 Å². The van der Waals surface area contributed by atoms with Crippen LogP contribution in [0.25, 0.3) is 50.7 Å². The molecule has 2 atom stereocenters. The van der Waals surface area contributed by atoms with Crippen LogP contribution in [0.3, 0.4) is 0 Å². The Morgan fingerprint density at radius 3 is 2.34 bits per heavy atom. The molecular weight excluding hydrogens is 643 g/mol. The second-order valence-corrected chi connectivity index (χ2v) is 16.8. The van der Waals surface area contributed by atoms with E-state index in [4.69, 9.17) is 9.97 Å². The number of nitrogens with zero attached hydrogens (tertiary/aromatic N) is 3. The standard InChI is InChI=1S/C50H43N3/c1-49(2)41-18-10-6-14-34(41)38-27-30(22-25-42(38)49)31-23-26-46-39(28-31)36-15-8-12-20-45(36)53(46)48-51-44-19-11-7-16-37(44)47(52-48)32-21-24-35-33-13-5-9-17-40(33)50(3,4)43(35)29-32/h5-21,24,27-29,33,40H,22-23,25-26H2,1-4H3. The van der Waals surface area contributed by atoms with Gasteiger partial charge in [0, 0.05) is 38.9 Å². The summed E-state index contributed by atoms with van der Waals surface area (Å²) in [6.07, 6.45) is 18.4. The molecule has 2 unspecified atom stereocenters. The highest BCUT2D eigenvalue weighted by atomic mass is 15.2. The van der Waals surface area contributed by atoms with Crippen LogP contribution in [-0.2, 0) is 17.3 Å². The average Bonchev–Trinajstić information content (AvgIpc) is 3.74. The lowest BCUT2D eigenvalue weighted by molar-refractivity contribution is 0.394. The molecular formula is C50H43N3. The highest BCUT2D eigenvalue weighted by Crippen LogP contribution is 2.54. The number of allylic oxidation sites excluding steroid dienone is 9. The zero-order valence-electron chi connectivity index (χ0n) is 30.9. The van der Waals surface area contributed by atoms with Crippen LogP contribution < -0.4 is 0 Å². The van der Waals surface area contributed by atoms with E-state index in [1.807, 2.05) is 0 Å². The van der Waals surface area contributed by atoms with Crippen LogP contribution in [0, 0.1) is 5.92 Å². The Hall–Kier alpha value is -5.54. The van der Waals surface area contributed by atoms with Gasteiger partial charge in [-0.2, -0.15) is 0 Å². The summed E-state index contributed by atoms with van der Waals surface area (Å²) < 4.78 is 2.36. The molecule has 5 aliphatic carbocycles. The maximum absolute atomic E-state index is 5.50. The van der Waals surface area contributed by atoms with E-state index in [2.05, 4.69) is 160 Å². The molecule has 0 amide bonds. The minimum absolute atomic E-state index is 0.0336. The maximum atomic E-state index is 5.50. The number of para-hydroxylation sites is 2. The Labute approximate surface area is 311 Å². The third kappa shape index (κ3) is 4.34. The molecule has 0 fully saturated rings. The van der Waals surface area contributed by atoms with Crippen LogP contribution in [0.2, 0.25) is 0 Å². The fourth-order valence-electron chi connectivity index (χ4n) is 10.7. The van der Waals surface area contributed by atoms with Gasteiger partial charge in [-0.3, -0.25) is 4.57 Å². The van der Waals surface area contributed by atoms with Crippen molar-refractivity contribution in [3.05, 3.63) is 172 Å². The molecule has 4 aromatic carbocycles. The first-order valence-corrected chi connectivity index (χ1v) is 19.4. The highest BCUT2D eigenvalue weighted by molar-refractivity contribution is 5.97. The molecule has 0 aliphatic heterocycles. The van der Waals surface area contributed by atoms with E-state index in [1.165, 1.54) is 61.1 Å². The van der Waals surface area contributed by atoms with Gasteiger partial charge in [-0.25, -0.2) is 9.97 Å². The SMILES string of the molecule is CC1(C)C2=C(C=C(C3=Cc4c(n(-c5nc(-c6ccc7c(c6)C(C)(C)C6C=CC=CC76)c6ccccc6n5)c5ccccc45)CC3)CC2)c2ccccc21. The summed E-state index contributed by atoms with van der Waals surface area (Å²) in [6, 6.07) is 33.5. The van der Waals surface area contributed by atoms with E-state index in [0.29, 0.717) is 11.8 Å². The van der Waals surface area contributed by atoms with Gasteiger partial charge in [0.25, 0.3) is 0 Å². The van der Waals surface area contributed by atoms with Crippen LogP contribution in [0.4, 0.5) is 0 Å². The third-order valence-corrected chi connectivity index (χ3v) is 13.5. The molecule has 0 saturated carbocycles. The Morgan fingerprint density at radius 2 is 1.43 bits per heavy atom. The molecule has 0 bridgehead atoms. The topological polar surface area (TPSA) is 30.7 Å². The summed E-state index contributed by atoms with van der Waals surface area (Å²) in [5.74, 6) is 1.65. The minimum Gasteiger partial charge on any atom is -0.282 e. The van der Waals surface area contributed by atoms with Crippen LogP contribution >= 0.6 is 0 Å². The molecule has 2 aromatic heterocycles. The molecule has 258 valence electrons. The molecule has 11 rings (SSSR count). The van der Waals surface area contributed by atoms with Gasteiger partial charge >= 0.3 is 0 Å². The largest absolute Gasteiger partial charge is 0.282 e. The van der Waals surface area contributed by atoms with Crippen molar-refractivity contribution >= 4 is 33.5 Å². The van der Waals surface area contributed by atoms with Crippen molar-refractivity contribution in [2.75, 3.05) is 0 Å². The molecule has 6 aromatic rings. The average molecular weight is 686 g/mol. The number of aromatic nitrogens is 3. The molecule has 0 spiro atoms. The van der Waals surface area contributed by atoms with Gasteiger partial charge in [0.1, 0.15) is 0 Å². The van der Waals surface area contributed by atoms with Crippen molar-refractivity contribution in [2.45, 2.75) is 70.1 Å². The molecule has 3 nitrogen and oxygen atoms in total. The summed E-state index contributed by atoms with van der Waals surface area (Å²) in [4.78, 5) is 10.8. The maximum Gasteiger partial charge on any atom is 0.235 e. The Balaban J connectivity index is 1.06. The van der Waals surface area contributed by atoms with Crippen molar-refractivity contribution in [2.24, 2.45) is 5.92 Å². The fraction of sp³-hybridized carbons (Fsp3) is 0.240. The third-order valence-electron chi connectivity index (χ3n) is 13.5. The van der Waals surface area contributed by atoms with E-state index in [1.54, 1.807) is 5.57 Å². The Kier molecular flexibility index (Phi) is 6.44. The fourth-order valence-corrected chi connectivity index (χ4v) is 10.7. The number of benzene rings is 4. The number of hydrogen-bond donors (Lipinski definition) is 0. The van der Waals surface area contributed by atoms with Crippen molar-refractivity contribution in [3.8, 4) is 17.2 Å². The summed E-state index contributed by atoms with van der Waals surface area (Å²) in [6.45, 7) is 9.61. The summed E-state index contributed by atoms with van der Waals surface area (Å²) in [5, 5.41) is 2.36. The zero-order valence-corrected chi connectivity index (χ0v) is 30.9. The monoisotopic (exact) mass is 685 g/mol. The van der Waals surface area contributed by atoms with Crippen LogP contribution in [-0.4, -0.2) is 14.5 Å². The van der Waals surface area contributed by atoms with Gasteiger partial charge in [0.15, 0.2) is 0 Å². The summed E-state index contributed by atoms with van der Waals surface area (Å²) in [7, 11) is 0. The van der Waals surface area contributed by atoms with E-state index < -0.39 is 0 Å². The van der Waals surface area contributed by atoms with Crippen molar-refractivity contribution in [3.63, 3.8) is 0 Å². The van der Waals surface area contributed by atoms with Gasteiger partial charge in [-0.05, 0) is 100 Å². The van der Waals surface area contributed by atoms with E-state index in [0.717, 1.165) is 53.8 Å².